The number of rotatable bonds is 7. The van der Waals surface area contributed by atoms with Gasteiger partial charge in [0.25, 0.3) is 0 Å². The molecule has 1 aliphatic carbocycles. The third-order valence-electron chi connectivity index (χ3n) is 6.20. The van der Waals surface area contributed by atoms with Crippen LogP contribution in [0.15, 0.2) is 40.8 Å². The van der Waals surface area contributed by atoms with E-state index in [2.05, 4.69) is 10.6 Å². The summed E-state index contributed by atoms with van der Waals surface area (Å²) in [7, 11) is 0. The molecule has 0 spiro atoms. The molecule has 1 amide bonds. The zero-order chi connectivity index (χ0) is 26.5. The molecule has 1 saturated carbocycles. The number of amides is 1. The lowest BCUT2D eigenvalue weighted by atomic mass is 9.98. The quantitative estimate of drug-likeness (QED) is 0.361. The Labute approximate surface area is 202 Å². The molecule has 36 heavy (non-hydrogen) atoms. The van der Waals surface area contributed by atoms with E-state index in [0.717, 1.165) is 30.3 Å². The molecule has 2 N–H and O–H groups in total. The van der Waals surface area contributed by atoms with Gasteiger partial charge < -0.3 is 9.73 Å². The fraction of sp³-hybridized carbons (Fsp3) is 0.440. The summed E-state index contributed by atoms with van der Waals surface area (Å²) in [5.41, 5.74) is -2.10. The summed E-state index contributed by atoms with van der Waals surface area (Å²) in [5.74, 6) is -0.818. The van der Waals surface area contributed by atoms with Crippen molar-refractivity contribution >= 4 is 27.8 Å². The van der Waals surface area contributed by atoms with Crippen molar-refractivity contribution < 1.29 is 35.6 Å². The van der Waals surface area contributed by atoms with Crippen LogP contribution in [0.1, 0.15) is 50.3 Å². The van der Waals surface area contributed by atoms with Gasteiger partial charge in [-0.25, -0.2) is 0 Å². The van der Waals surface area contributed by atoms with Crippen LogP contribution in [0, 0.1) is 17.2 Å². The van der Waals surface area contributed by atoms with Crippen molar-refractivity contribution in [2.24, 2.45) is 5.92 Å². The number of fused-ring (bicyclic) bond motifs is 3. The molecule has 11 heteroatoms. The summed E-state index contributed by atoms with van der Waals surface area (Å²) < 4.78 is 87.4. The third kappa shape index (κ3) is 5.28. The van der Waals surface area contributed by atoms with E-state index in [1.54, 1.807) is 13.8 Å². The van der Waals surface area contributed by atoms with Gasteiger partial charge in [0, 0.05) is 10.8 Å². The second-order valence-corrected chi connectivity index (χ2v) is 9.57. The molecule has 1 fully saturated rings. The number of furan rings is 1. The molecule has 1 aliphatic rings. The van der Waals surface area contributed by atoms with E-state index in [1.165, 1.54) is 6.07 Å². The minimum atomic E-state index is -4.80. The first-order chi connectivity index (χ1) is 16.7. The Morgan fingerprint density at radius 1 is 1.06 bits per heavy atom. The SMILES string of the molecule is CC(C)C[C@H](N[C@@H](c1ccc2c(c1)oc1ccc(C(F)(F)F)cc12)C(F)(F)F)C(=O)NC1(C#N)CC1. The van der Waals surface area contributed by atoms with Gasteiger partial charge in [-0.2, -0.15) is 31.6 Å². The highest BCUT2D eigenvalue weighted by atomic mass is 19.4. The van der Waals surface area contributed by atoms with Crippen molar-refractivity contribution in [3.8, 4) is 6.07 Å². The first kappa shape index (κ1) is 25.8. The lowest BCUT2D eigenvalue weighted by molar-refractivity contribution is -0.161. The molecular formula is C25H23F6N3O2. The van der Waals surface area contributed by atoms with Crippen LogP contribution in [0.4, 0.5) is 26.3 Å². The number of nitrogens with zero attached hydrogens (tertiary/aromatic N) is 1. The van der Waals surface area contributed by atoms with E-state index in [-0.39, 0.29) is 39.8 Å². The Kier molecular flexibility index (Phi) is 6.45. The Balaban J connectivity index is 1.69. The van der Waals surface area contributed by atoms with Crippen LogP contribution in [0.3, 0.4) is 0 Å². The third-order valence-corrected chi connectivity index (χ3v) is 6.20. The summed E-state index contributed by atoms with van der Waals surface area (Å²) in [6, 6.07) is 4.92. The number of nitriles is 1. The maximum absolute atomic E-state index is 14.2. The Hall–Kier alpha value is -3.26. The Morgan fingerprint density at radius 2 is 1.75 bits per heavy atom. The Bertz CT molecular complexity index is 1330. The van der Waals surface area contributed by atoms with Crippen molar-refractivity contribution in [1.29, 1.82) is 5.26 Å². The zero-order valence-corrected chi connectivity index (χ0v) is 19.3. The molecule has 0 saturated heterocycles. The van der Waals surface area contributed by atoms with Crippen molar-refractivity contribution in [3.63, 3.8) is 0 Å². The average Bonchev–Trinajstić information content (AvgIpc) is 3.45. The van der Waals surface area contributed by atoms with Gasteiger partial charge in [-0.05, 0) is 55.0 Å². The van der Waals surface area contributed by atoms with Gasteiger partial charge in [-0.3, -0.25) is 10.1 Å². The van der Waals surface area contributed by atoms with Crippen molar-refractivity contribution in [3.05, 3.63) is 47.5 Å². The Morgan fingerprint density at radius 3 is 2.31 bits per heavy atom. The minimum absolute atomic E-state index is 0.0100. The van der Waals surface area contributed by atoms with E-state index in [9.17, 15) is 36.4 Å². The molecule has 0 aliphatic heterocycles. The monoisotopic (exact) mass is 511 g/mol. The first-order valence-corrected chi connectivity index (χ1v) is 11.3. The van der Waals surface area contributed by atoms with E-state index < -0.39 is 41.4 Å². The van der Waals surface area contributed by atoms with Crippen molar-refractivity contribution in [2.45, 2.75) is 63.1 Å². The number of alkyl halides is 6. The van der Waals surface area contributed by atoms with Crippen molar-refractivity contribution in [1.82, 2.24) is 10.6 Å². The number of halogens is 6. The average molecular weight is 511 g/mol. The fourth-order valence-electron chi connectivity index (χ4n) is 4.17. The number of nitrogens with one attached hydrogen (secondary N) is 2. The van der Waals surface area contributed by atoms with Crippen LogP contribution in [0.2, 0.25) is 0 Å². The molecule has 1 aromatic heterocycles. The van der Waals surface area contributed by atoms with Gasteiger partial charge in [0.1, 0.15) is 22.7 Å². The molecule has 0 bridgehead atoms. The van der Waals surface area contributed by atoms with Gasteiger partial charge in [0.05, 0.1) is 17.7 Å². The zero-order valence-electron chi connectivity index (χ0n) is 19.3. The molecule has 3 aromatic rings. The topological polar surface area (TPSA) is 78.1 Å². The molecule has 2 atom stereocenters. The molecule has 2 aromatic carbocycles. The highest BCUT2D eigenvalue weighted by Crippen LogP contribution is 2.39. The van der Waals surface area contributed by atoms with Crippen molar-refractivity contribution in [2.75, 3.05) is 0 Å². The number of hydrogen-bond acceptors (Lipinski definition) is 4. The second-order valence-electron chi connectivity index (χ2n) is 9.57. The van der Waals surface area contributed by atoms with Crippen LogP contribution < -0.4 is 10.6 Å². The van der Waals surface area contributed by atoms with Gasteiger partial charge in [0.15, 0.2) is 0 Å². The number of carbonyl (C=O) groups is 1. The predicted molar refractivity (Wildman–Crippen MR) is 120 cm³/mol. The maximum Gasteiger partial charge on any atom is 0.416 e. The number of hydrogen-bond donors (Lipinski definition) is 2. The summed E-state index contributed by atoms with van der Waals surface area (Å²) in [5, 5.41) is 14.6. The van der Waals surface area contributed by atoms with Crippen LogP contribution in [-0.2, 0) is 11.0 Å². The van der Waals surface area contributed by atoms with Gasteiger partial charge in [-0.1, -0.05) is 26.0 Å². The van der Waals surface area contributed by atoms with E-state index in [4.69, 9.17) is 4.42 Å². The largest absolute Gasteiger partial charge is 0.456 e. The summed E-state index contributed by atoms with van der Waals surface area (Å²) in [6.07, 6.45) is -8.42. The van der Waals surface area contributed by atoms with E-state index in [0.29, 0.717) is 12.8 Å². The minimum Gasteiger partial charge on any atom is -0.456 e. The molecule has 4 rings (SSSR count). The predicted octanol–water partition coefficient (Wildman–Crippen LogP) is 6.38. The highest BCUT2D eigenvalue weighted by molar-refractivity contribution is 6.05. The van der Waals surface area contributed by atoms with E-state index in [1.807, 2.05) is 6.07 Å². The second kappa shape index (κ2) is 9.00. The van der Waals surface area contributed by atoms with E-state index >= 15 is 0 Å². The van der Waals surface area contributed by atoms with Crippen LogP contribution in [0.5, 0.6) is 0 Å². The van der Waals surface area contributed by atoms with Crippen LogP contribution in [-0.4, -0.2) is 23.7 Å². The molecule has 192 valence electrons. The molecule has 1 heterocycles. The molecular weight excluding hydrogens is 488 g/mol. The lowest BCUT2D eigenvalue weighted by Crippen LogP contribution is -2.52. The maximum atomic E-state index is 14.2. The van der Waals surface area contributed by atoms with Gasteiger partial charge in [-0.15, -0.1) is 0 Å². The fourth-order valence-corrected chi connectivity index (χ4v) is 4.17. The van der Waals surface area contributed by atoms with Gasteiger partial charge >= 0.3 is 12.4 Å². The smallest absolute Gasteiger partial charge is 0.416 e. The van der Waals surface area contributed by atoms with Gasteiger partial charge in [0.2, 0.25) is 5.91 Å². The number of carbonyl (C=O) groups excluding carboxylic acids is 1. The number of benzene rings is 2. The molecule has 0 unspecified atom stereocenters. The summed E-state index contributed by atoms with van der Waals surface area (Å²) in [6.45, 7) is 3.52. The molecule has 0 radical (unpaired) electrons. The highest BCUT2D eigenvalue weighted by Gasteiger charge is 2.47. The normalized spacial score (nSPS) is 17.2. The standard InChI is InChI=1S/C25H23F6N3O2/c1-13(2)9-18(22(35)34-23(12-32)7-8-23)33-21(25(29,30)31)14-3-5-16-17-11-15(24(26,27)28)4-6-19(17)36-20(16)10-14/h3-6,10-11,13,18,21,33H,7-9H2,1-2H3,(H,34,35)/t18-,21-/m0/s1. The summed E-state index contributed by atoms with van der Waals surface area (Å²) in [4.78, 5) is 12.8. The first-order valence-electron chi connectivity index (χ1n) is 11.3. The summed E-state index contributed by atoms with van der Waals surface area (Å²) >= 11 is 0. The van der Waals surface area contributed by atoms with Crippen LogP contribution >= 0.6 is 0 Å². The lowest BCUT2D eigenvalue weighted by Gasteiger charge is -2.29. The molecule has 5 nitrogen and oxygen atoms in total. The van der Waals surface area contributed by atoms with Crippen LogP contribution in [0.25, 0.3) is 21.9 Å².